The normalized spacial score (nSPS) is 24.7. The van der Waals surface area contributed by atoms with E-state index in [0.717, 1.165) is 4.90 Å². The molecule has 1 atom stereocenters. The Morgan fingerprint density at radius 2 is 1.95 bits per heavy atom. The quantitative estimate of drug-likeness (QED) is 0.697. The Bertz CT molecular complexity index is 404. The van der Waals surface area contributed by atoms with Crippen molar-refractivity contribution in [2.24, 2.45) is 0 Å². The zero-order valence-corrected chi connectivity index (χ0v) is 11.5. The number of hydrogen-bond acceptors (Lipinski definition) is 4. The van der Waals surface area contributed by atoms with Crippen LogP contribution in [0, 0.1) is 0 Å². The third kappa shape index (κ3) is 3.86. The second-order valence-electron chi connectivity index (χ2n) is 4.72. The van der Waals surface area contributed by atoms with Gasteiger partial charge in [0.15, 0.2) is 0 Å². The molecule has 0 aliphatic carbocycles. The van der Waals surface area contributed by atoms with Crippen molar-refractivity contribution >= 4 is 30.1 Å². The van der Waals surface area contributed by atoms with Crippen molar-refractivity contribution in [3.8, 4) is 0 Å². The topological polar surface area (TPSA) is 78.5 Å². The van der Waals surface area contributed by atoms with Crippen molar-refractivity contribution < 1.29 is 23.2 Å². The minimum Gasteiger partial charge on any atom is -0.353 e. The highest BCUT2D eigenvalue weighted by Crippen LogP contribution is 2.24. The maximum atomic E-state index is 12.9. The van der Waals surface area contributed by atoms with Gasteiger partial charge in [0, 0.05) is 32.4 Å². The SMILES string of the molecule is Cl.O=C(NCCN1C(=O)CCC1=O)C1CC(F)(F)CN1. The number of nitrogens with zero attached hydrogens (tertiary/aromatic N) is 1. The van der Waals surface area contributed by atoms with Crippen molar-refractivity contribution in [2.75, 3.05) is 19.6 Å². The van der Waals surface area contributed by atoms with Crippen LogP contribution in [0.2, 0.25) is 0 Å². The molecule has 3 amide bonds. The van der Waals surface area contributed by atoms with E-state index in [0.29, 0.717) is 0 Å². The average Bonchev–Trinajstić information content (AvgIpc) is 2.85. The number of hydrogen-bond donors (Lipinski definition) is 2. The minimum absolute atomic E-state index is 0. The highest BCUT2D eigenvalue weighted by molar-refractivity contribution is 6.01. The molecule has 2 aliphatic heterocycles. The highest BCUT2D eigenvalue weighted by atomic mass is 35.5. The summed E-state index contributed by atoms with van der Waals surface area (Å²) >= 11 is 0. The first-order valence-electron chi connectivity index (χ1n) is 6.11. The van der Waals surface area contributed by atoms with Gasteiger partial charge >= 0.3 is 0 Å². The van der Waals surface area contributed by atoms with Crippen LogP contribution in [0.1, 0.15) is 19.3 Å². The van der Waals surface area contributed by atoms with Gasteiger partial charge in [-0.3, -0.25) is 24.6 Å². The summed E-state index contributed by atoms with van der Waals surface area (Å²) in [5.74, 6) is -3.91. The molecule has 114 valence electrons. The Balaban J connectivity index is 0.00000200. The summed E-state index contributed by atoms with van der Waals surface area (Å²) in [6, 6.07) is -0.917. The third-order valence-electron chi connectivity index (χ3n) is 3.22. The maximum absolute atomic E-state index is 12.9. The van der Waals surface area contributed by atoms with E-state index in [4.69, 9.17) is 0 Å². The van der Waals surface area contributed by atoms with Crippen molar-refractivity contribution in [3.05, 3.63) is 0 Å². The molecular formula is C11H16ClF2N3O3. The summed E-state index contributed by atoms with van der Waals surface area (Å²) < 4.78 is 25.8. The fraction of sp³-hybridized carbons (Fsp3) is 0.727. The first kappa shape index (κ1) is 16.8. The molecule has 0 spiro atoms. The lowest BCUT2D eigenvalue weighted by molar-refractivity contribution is -0.138. The lowest BCUT2D eigenvalue weighted by atomic mass is 10.2. The zero-order chi connectivity index (χ0) is 14.0. The van der Waals surface area contributed by atoms with Crippen molar-refractivity contribution in [3.63, 3.8) is 0 Å². The number of carbonyl (C=O) groups excluding carboxylic acids is 3. The molecule has 20 heavy (non-hydrogen) atoms. The molecule has 6 nitrogen and oxygen atoms in total. The number of imide groups is 1. The van der Waals surface area contributed by atoms with E-state index in [1.54, 1.807) is 0 Å². The van der Waals surface area contributed by atoms with Gasteiger partial charge in [0.25, 0.3) is 5.92 Å². The van der Waals surface area contributed by atoms with Gasteiger partial charge in [-0.15, -0.1) is 12.4 Å². The van der Waals surface area contributed by atoms with Crippen LogP contribution in [0.5, 0.6) is 0 Å². The van der Waals surface area contributed by atoms with Gasteiger partial charge in [-0.2, -0.15) is 0 Å². The monoisotopic (exact) mass is 311 g/mol. The summed E-state index contributed by atoms with van der Waals surface area (Å²) in [6.45, 7) is -0.333. The van der Waals surface area contributed by atoms with E-state index in [1.807, 2.05) is 0 Å². The summed E-state index contributed by atoms with van der Waals surface area (Å²) in [5, 5.41) is 4.88. The lowest BCUT2D eigenvalue weighted by Crippen LogP contribution is -2.44. The number of rotatable bonds is 4. The molecule has 2 aliphatic rings. The van der Waals surface area contributed by atoms with Gasteiger partial charge in [0.05, 0.1) is 12.6 Å². The molecule has 0 radical (unpaired) electrons. The molecule has 0 aromatic rings. The molecule has 2 saturated heterocycles. The van der Waals surface area contributed by atoms with Gasteiger partial charge < -0.3 is 5.32 Å². The van der Waals surface area contributed by atoms with E-state index in [2.05, 4.69) is 10.6 Å². The van der Waals surface area contributed by atoms with Crippen molar-refractivity contribution in [2.45, 2.75) is 31.2 Å². The van der Waals surface area contributed by atoms with E-state index in [9.17, 15) is 23.2 Å². The van der Waals surface area contributed by atoms with Crippen LogP contribution >= 0.6 is 12.4 Å². The fourth-order valence-corrected chi connectivity index (χ4v) is 2.19. The van der Waals surface area contributed by atoms with Gasteiger partial charge in [0.1, 0.15) is 0 Å². The van der Waals surface area contributed by atoms with Crippen LogP contribution in [-0.4, -0.2) is 54.2 Å². The maximum Gasteiger partial charge on any atom is 0.262 e. The van der Waals surface area contributed by atoms with Crippen LogP contribution in [0.4, 0.5) is 8.78 Å². The van der Waals surface area contributed by atoms with Crippen LogP contribution in [0.15, 0.2) is 0 Å². The molecule has 0 bridgehead atoms. The molecule has 1 unspecified atom stereocenters. The van der Waals surface area contributed by atoms with Gasteiger partial charge in [-0.05, 0) is 0 Å². The molecule has 9 heteroatoms. The number of nitrogens with one attached hydrogen (secondary N) is 2. The molecule has 2 rings (SSSR count). The number of carbonyl (C=O) groups is 3. The first-order chi connectivity index (χ1) is 8.89. The smallest absolute Gasteiger partial charge is 0.262 e. The number of amides is 3. The van der Waals surface area contributed by atoms with Crippen LogP contribution in [-0.2, 0) is 14.4 Å². The summed E-state index contributed by atoms with van der Waals surface area (Å²) in [6.07, 6.45) is -0.132. The summed E-state index contributed by atoms with van der Waals surface area (Å²) in [4.78, 5) is 35.2. The van der Waals surface area contributed by atoms with Crippen LogP contribution in [0.25, 0.3) is 0 Å². The summed E-state index contributed by atoms with van der Waals surface area (Å²) in [7, 11) is 0. The predicted octanol–water partition coefficient (Wildman–Crippen LogP) is -0.329. The van der Waals surface area contributed by atoms with Gasteiger partial charge in [-0.25, -0.2) is 8.78 Å². The van der Waals surface area contributed by atoms with E-state index in [-0.39, 0.29) is 50.2 Å². The lowest BCUT2D eigenvalue weighted by Gasteiger charge is -2.15. The van der Waals surface area contributed by atoms with E-state index < -0.39 is 30.8 Å². The summed E-state index contributed by atoms with van der Waals surface area (Å²) in [5.41, 5.74) is 0. The Labute approximate surface area is 120 Å². The Morgan fingerprint density at radius 3 is 2.45 bits per heavy atom. The predicted molar refractivity (Wildman–Crippen MR) is 67.6 cm³/mol. The second kappa shape index (κ2) is 6.45. The molecular weight excluding hydrogens is 296 g/mol. The first-order valence-corrected chi connectivity index (χ1v) is 6.11. The number of halogens is 3. The molecule has 0 saturated carbocycles. The van der Waals surface area contributed by atoms with Gasteiger partial charge in [0.2, 0.25) is 17.7 Å². The number of alkyl halides is 2. The zero-order valence-electron chi connectivity index (χ0n) is 10.7. The molecule has 0 aromatic carbocycles. The Morgan fingerprint density at radius 1 is 1.35 bits per heavy atom. The van der Waals surface area contributed by atoms with Crippen LogP contribution < -0.4 is 10.6 Å². The standard InChI is InChI=1S/C11H15F2N3O3.ClH/c12-11(13)5-7(15-6-11)10(19)14-3-4-16-8(17)1-2-9(16)18;/h7,15H,1-6H2,(H,14,19);1H. The second-order valence-corrected chi connectivity index (χ2v) is 4.72. The van der Waals surface area contributed by atoms with Gasteiger partial charge in [-0.1, -0.05) is 0 Å². The van der Waals surface area contributed by atoms with E-state index in [1.165, 1.54) is 0 Å². The highest BCUT2D eigenvalue weighted by Gasteiger charge is 2.42. The third-order valence-corrected chi connectivity index (χ3v) is 3.22. The molecule has 2 heterocycles. The average molecular weight is 312 g/mol. The molecule has 0 aromatic heterocycles. The Kier molecular flexibility index (Phi) is 5.41. The molecule has 2 fully saturated rings. The molecule has 2 N–H and O–H groups in total. The van der Waals surface area contributed by atoms with Crippen molar-refractivity contribution in [1.82, 2.24) is 15.5 Å². The largest absolute Gasteiger partial charge is 0.353 e. The fourth-order valence-electron chi connectivity index (χ4n) is 2.19. The Hall–Kier alpha value is -1.28. The number of likely N-dealkylation sites (tertiary alicyclic amines) is 1. The van der Waals surface area contributed by atoms with E-state index >= 15 is 0 Å². The van der Waals surface area contributed by atoms with Crippen molar-refractivity contribution in [1.29, 1.82) is 0 Å². The minimum atomic E-state index is -2.86. The van der Waals surface area contributed by atoms with Crippen LogP contribution in [0.3, 0.4) is 0 Å².